The Hall–Kier alpha value is -0.570. The number of hydrogen-bond acceptors (Lipinski definition) is 2. The SMILES string of the molecule is CCN(CC)C1(C(=O)O)CCC(C)CC1. The smallest absolute Gasteiger partial charge is 0.324 e. The lowest BCUT2D eigenvalue weighted by Gasteiger charge is -2.43. The molecule has 3 heteroatoms. The van der Waals surface area contributed by atoms with Gasteiger partial charge in [-0.25, -0.2) is 0 Å². The van der Waals surface area contributed by atoms with Crippen LogP contribution in [0.25, 0.3) is 0 Å². The molecule has 0 saturated heterocycles. The van der Waals surface area contributed by atoms with Crippen molar-refractivity contribution in [1.29, 1.82) is 0 Å². The van der Waals surface area contributed by atoms with Crippen molar-refractivity contribution in [2.75, 3.05) is 13.1 Å². The summed E-state index contributed by atoms with van der Waals surface area (Å²) in [5.41, 5.74) is -0.573. The number of carboxylic acid groups (broad SMARTS) is 1. The molecule has 0 unspecified atom stereocenters. The Kier molecular flexibility index (Phi) is 4.14. The molecule has 0 heterocycles. The first-order valence-electron chi connectivity index (χ1n) is 6.05. The second-order valence-electron chi connectivity index (χ2n) is 4.69. The monoisotopic (exact) mass is 213 g/mol. The third kappa shape index (κ3) is 2.33. The van der Waals surface area contributed by atoms with Gasteiger partial charge in [0.2, 0.25) is 0 Å². The molecule has 0 spiro atoms. The highest BCUT2D eigenvalue weighted by Crippen LogP contribution is 2.36. The van der Waals surface area contributed by atoms with E-state index in [1.807, 2.05) is 13.8 Å². The van der Waals surface area contributed by atoms with Gasteiger partial charge in [0.15, 0.2) is 0 Å². The van der Waals surface area contributed by atoms with Crippen LogP contribution in [0, 0.1) is 5.92 Å². The molecular formula is C12H23NO2. The van der Waals surface area contributed by atoms with Gasteiger partial charge in [0.25, 0.3) is 0 Å². The normalized spacial score (nSPS) is 31.9. The zero-order valence-corrected chi connectivity index (χ0v) is 10.1. The van der Waals surface area contributed by atoms with E-state index in [2.05, 4.69) is 11.8 Å². The average molecular weight is 213 g/mol. The lowest BCUT2D eigenvalue weighted by Crippen LogP contribution is -2.56. The van der Waals surface area contributed by atoms with Crippen molar-refractivity contribution in [3.8, 4) is 0 Å². The van der Waals surface area contributed by atoms with E-state index >= 15 is 0 Å². The Morgan fingerprint density at radius 2 is 1.80 bits per heavy atom. The molecule has 88 valence electrons. The maximum absolute atomic E-state index is 11.5. The lowest BCUT2D eigenvalue weighted by atomic mass is 9.76. The molecule has 15 heavy (non-hydrogen) atoms. The molecule has 1 rings (SSSR count). The predicted molar refractivity (Wildman–Crippen MR) is 60.9 cm³/mol. The van der Waals surface area contributed by atoms with Crippen molar-refractivity contribution in [2.45, 2.75) is 52.0 Å². The van der Waals surface area contributed by atoms with Crippen LogP contribution in [0.3, 0.4) is 0 Å². The first kappa shape index (κ1) is 12.5. The molecule has 1 N–H and O–H groups in total. The Morgan fingerprint density at radius 1 is 1.33 bits per heavy atom. The predicted octanol–water partition coefficient (Wildman–Crippen LogP) is 2.36. The van der Waals surface area contributed by atoms with E-state index in [0.717, 1.165) is 38.8 Å². The number of carboxylic acids is 1. The molecule has 0 aliphatic heterocycles. The number of carbonyl (C=O) groups is 1. The van der Waals surface area contributed by atoms with Gasteiger partial charge in [-0.3, -0.25) is 9.69 Å². The number of rotatable bonds is 4. The maximum atomic E-state index is 11.5. The molecular weight excluding hydrogens is 190 g/mol. The van der Waals surface area contributed by atoms with Gasteiger partial charge in [-0.15, -0.1) is 0 Å². The molecule has 0 aromatic rings. The van der Waals surface area contributed by atoms with E-state index in [-0.39, 0.29) is 0 Å². The number of hydrogen-bond donors (Lipinski definition) is 1. The molecule has 0 radical (unpaired) electrons. The van der Waals surface area contributed by atoms with E-state index < -0.39 is 11.5 Å². The highest BCUT2D eigenvalue weighted by atomic mass is 16.4. The standard InChI is InChI=1S/C12H23NO2/c1-4-13(5-2)12(11(14)15)8-6-10(3)7-9-12/h10H,4-9H2,1-3H3,(H,14,15). The summed E-state index contributed by atoms with van der Waals surface area (Å²) in [6, 6.07) is 0. The third-order valence-electron chi connectivity index (χ3n) is 3.87. The summed E-state index contributed by atoms with van der Waals surface area (Å²) in [5, 5.41) is 9.47. The Labute approximate surface area is 92.5 Å². The van der Waals surface area contributed by atoms with Crippen molar-refractivity contribution in [2.24, 2.45) is 5.92 Å². The van der Waals surface area contributed by atoms with E-state index in [9.17, 15) is 9.90 Å². The summed E-state index contributed by atoms with van der Waals surface area (Å²) in [4.78, 5) is 13.6. The molecule has 1 fully saturated rings. The molecule has 3 nitrogen and oxygen atoms in total. The average Bonchev–Trinajstić information content (AvgIpc) is 2.22. The van der Waals surface area contributed by atoms with Crippen LogP contribution in [0.15, 0.2) is 0 Å². The van der Waals surface area contributed by atoms with Crippen molar-refractivity contribution in [1.82, 2.24) is 4.90 Å². The fraction of sp³-hybridized carbons (Fsp3) is 0.917. The number of likely N-dealkylation sites (N-methyl/N-ethyl adjacent to an activating group) is 1. The van der Waals surface area contributed by atoms with Crippen molar-refractivity contribution >= 4 is 5.97 Å². The van der Waals surface area contributed by atoms with Crippen molar-refractivity contribution in [3.05, 3.63) is 0 Å². The summed E-state index contributed by atoms with van der Waals surface area (Å²) >= 11 is 0. The number of nitrogens with zero attached hydrogens (tertiary/aromatic N) is 1. The van der Waals surface area contributed by atoms with E-state index in [4.69, 9.17) is 0 Å². The van der Waals surface area contributed by atoms with E-state index in [0.29, 0.717) is 5.92 Å². The largest absolute Gasteiger partial charge is 0.480 e. The van der Waals surface area contributed by atoms with Gasteiger partial charge in [-0.2, -0.15) is 0 Å². The van der Waals surface area contributed by atoms with Gasteiger partial charge in [0.1, 0.15) is 5.54 Å². The molecule has 0 atom stereocenters. The highest BCUT2D eigenvalue weighted by Gasteiger charge is 2.44. The second-order valence-corrected chi connectivity index (χ2v) is 4.69. The van der Waals surface area contributed by atoms with Gasteiger partial charge in [0, 0.05) is 0 Å². The Bertz CT molecular complexity index is 216. The van der Waals surface area contributed by atoms with Crippen LogP contribution in [0.5, 0.6) is 0 Å². The summed E-state index contributed by atoms with van der Waals surface area (Å²) in [6.45, 7) is 7.97. The fourth-order valence-electron chi connectivity index (χ4n) is 2.73. The minimum absolute atomic E-state index is 0.573. The molecule has 0 aromatic carbocycles. The molecule has 0 amide bonds. The summed E-state index contributed by atoms with van der Waals surface area (Å²) in [7, 11) is 0. The Morgan fingerprint density at radius 3 is 2.13 bits per heavy atom. The first-order chi connectivity index (χ1) is 7.06. The van der Waals surface area contributed by atoms with Crippen molar-refractivity contribution in [3.63, 3.8) is 0 Å². The minimum Gasteiger partial charge on any atom is -0.480 e. The van der Waals surface area contributed by atoms with Gasteiger partial charge in [-0.1, -0.05) is 20.8 Å². The molecule has 0 aromatic heterocycles. The minimum atomic E-state index is -0.627. The molecule has 0 bridgehead atoms. The highest BCUT2D eigenvalue weighted by molar-refractivity contribution is 5.79. The molecule has 1 saturated carbocycles. The fourth-order valence-corrected chi connectivity index (χ4v) is 2.73. The Balaban J connectivity index is 2.83. The van der Waals surface area contributed by atoms with E-state index in [1.165, 1.54) is 0 Å². The zero-order valence-electron chi connectivity index (χ0n) is 10.1. The maximum Gasteiger partial charge on any atom is 0.324 e. The van der Waals surface area contributed by atoms with Crippen molar-refractivity contribution < 1.29 is 9.90 Å². The summed E-state index contributed by atoms with van der Waals surface area (Å²) < 4.78 is 0. The van der Waals surface area contributed by atoms with Crippen LogP contribution in [0.4, 0.5) is 0 Å². The first-order valence-corrected chi connectivity index (χ1v) is 6.05. The molecule has 1 aliphatic rings. The zero-order chi connectivity index (χ0) is 11.5. The van der Waals surface area contributed by atoms with Crippen LogP contribution in [0.1, 0.15) is 46.5 Å². The lowest BCUT2D eigenvalue weighted by molar-refractivity contribution is -0.154. The third-order valence-corrected chi connectivity index (χ3v) is 3.87. The van der Waals surface area contributed by atoms with Crippen LogP contribution in [0.2, 0.25) is 0 Å². The van der Waals surface area contributed by atoms with Gasteiger partial charge in [-0.05, 0) is 44.7 Å². The van der Waals surface area contributed by atoms with Crippen LogP contribution in [-0.4, -0.2) is 34.6 Å². The van der Waals surface area contributed by atoms with Crippen LogP contribution >= 0.6 is 0 Å². The second kappa shape index (κ2) is 4.97. The number of aliphatic carboxylic acids is 1. The van der Waals surface area contributed by atoms with Gasteiger partial charge >= 0.3 is 5.97 Å². The van der Waals surface area contributed by atoms with Gasteiger partial charge in [0.05, 0.1) is 0 Å². The molecule has 1 aliphatic carbocycles. The van der Waals surface area contributed by atoms with Crippen LogP contribution in [-0.2, 0) is 4.79 Å². The van der Waals surface area contributed by atoms with Gasteiger partial charge < -0.3 is 5.11 Å². The van der Waals surface area contributed by atoms with Crippen LogP contribution < -0.4 is 0 Å². The topological polar surface area (TPSA) is 40.5 Å². The summed E-state index contributed by atoms with van der Waals surface area (Å²) in [5.74, 6) is 0.0612. The van der Waals surface area contributed by atoms with E-state index in [1.54, 1.807) is 0 Å². The summed E-state index contributed by atoms with van der Waals surface area (Å²) in [6.07, 6.45) is 3.71. The quantitative estimate of drug-likeness (QED) is 0.779.